The standard InChI is InChI=1S/C14H20N2O3S/c1-19-13-7-6-10(15)8-12(13)16-14(17)9-20(18)11-4-2-3-5-11/h6-8,11H,2-5,9,15H2,1H3,(H,16,17). The van der Waals surface area contributed by atoms with Crippen molar-refractivity contribution >= 4 is 28.1 Å². The molecule has 1 unspecified atom stereocenters. The van der Waals surface area contributed by atoms with Gasteiger partial charge in [-0.05, 0) is 31.0 Å². The number of nitrogen functional groups attached to an aromatic ring is 1. The van der Waals surface area contributed by atoms with Crippen LogP contribution < -0.4 is 15.8 Å². The average Bonchev–Trinajstić information content (AvgIpc) is 2.92. The minimum Gasteiger partial charge on any atom is -0.495 e. The monoisotopic (exact) mass is 296 g/mol. The van der Waals surface area contributed by atoms with Gasteiger partial charge in [-0.15, -0.1) is 0 Å². The molecule has 0 saturated heterocycles. The van der Waals surface area contributed by atoms with Crippen LogP contribution in [0.15, 0.2) is 18.2 Å². The molecule has 3 N–H and O–H groups in total. The Balaban J connectivity index is 1.97. The first-order valence-electron chi connectivity index (χ1n) is 6.70. The van der Waals surface area contributed by atoms with Gasteiger partial charge in [0.15, 0.2) is 0 Å². The summed E-state index contributed by atoms with van der Waals surface area (Å²) >= 11 is 0. The fourth-order valence-corrected chi connectivity index (χ4v) is 3.83. The number of nitrogens with one attached hydrogen (secondary N) is 1. The van der Waals surface area contributed by atoms with Gasteiger partial charge in [-0.2, -0.15) is 0 Å². The average molecular weight is 296 g/mol. The zero-order chi connectivity index (χ0) is 14.5. The maximum Gasteiger partial charge on any atom is 0.237 e. The van der Waals surface area contributed by atoms with Crippen molar-refractivity contribution in [2.75, 3.05) is 23.9 Å². The van der Waals surface area contributed by atoms with E-state index in [0.717, 1.165) is 25.7 Å². The van der Waals surface area contributed by atoms with Gasteiger partial charge < -0.3 is 15.8 Å². The second-order valence-electron chi connectivity index (χ2n) is 4.94. The number of methoxy groups -OCH3 is 1. The van der Waals surface area contributed by atoms with E-state index in [1.165, 1.54) is 7.11 Å². The van der Waals surface area contributed by atoms with Crippen LogP contribution in [0.5, 0.6) is 5.75 Å². The first-order valence-corrected chi connectivity index (χ1v) is 8.09. The molecule has 1 aliphatic carbocycles. The molecule has 0 aliphatic heterocycles. The zero-order valence-electron chi connectivity index (χ0n) is 11.6. The van der Waals surface area contributed by atoms with Gasteiger partial charge >= 0.3 is 0 Å². The summed E-state index contributed by atoms with van der Waals surface area (Å²) in [5.41, 5.74) is 6.75. The second kappa shape index (κ2) is 6.74. The van der Waals surface area contributed by atoms with E-state index in [4.69, 9.17) is 10.5 Å². The summed E-state index contributed by atoms with van der Waals surface area (Å²) < 4.78 is 17.2. The molecule has 0 heterocycles. The zero-order valence-corrected chi connectivity index (χ0v) is 12.4. The van der Waals surface area contributed by atoms with Crippen LogP contribution in [0.2, 0.25) is 0 Å². The maximum absolute atomic E-state index is 12.1. The molecule has 1 aliphatic rings. The maximum atomic E-state index is 12.1. The predicted molar refractivity (Wildman–Crippen MR) is 81.3 cm³/mol. The Labute approximate surface area is 121 Å². The van der Waals surface area contributed by atoms with Crippen molar-refractivity contribution in [3.05, 3.63) is 18.2 Å². The van der Waals surface area contributed by atoms with Crippen molar-refractivity contribution in [2.24, 2.45) is 0 Å². The number of carbonyl (C=O) groups excluding carboxylic acids is 1. The molecule has 1 atom stereocenters. The second-order valence-corrected chi connectivity index (χ2v) is 6.66. The number of benzene rings is 1. The Morgan fingerprint density at radius 3 is 2.80 bits per heavy atom. The number of hydrogen-bond donors (Lipinski definition) is 2. The van der Waals surface area contributed by atoms with E-state index in [2.05, 4.69) is 5.32 Å². The van der Waals surface area contributed by atoms with Crippen LogP contribution in [0.25, 0.3) is 0 Å². The number of rotatable bonds is 5. The summed E-state index contributed by atoms with van der Waals surface area (Å²) in [6, 6.07) is 5.03. The molecule has 0 spiro atoms. The van der Waals surface area contributed by atoms with Crippen molar-refractivity contribution in [3.8, 4) is 5.75 Å². The summed E-state index contributed by atoms with van der Waals surface area (Å²) in [6.07, 6.45) is 4.14. The van der Waals surface area contributed by atoms with Gasteiger partial charge in [0, 0.05) is 21.7 Å². The number of ether oxygens (including phenoxy) is 1. The van der Waals surface area contributed by atoms with Crippen LogP contribution in [0.1, 0.15) is 25.7 Å². The normalized spacial score (nSPS) is 16.9. The predicted octanol–water partition coefficient (Wildman–Crippen LogP) is 1.91. The highest BCUT2D eigenvalue weighted by atomic mass is 32.2. The van der Waals surface area contributed by atoms with Crippen molar-refractivity contribution in [3.63, 3.8) is 0 Å². The van der Waals surface area contributed by atoms with Gasteiger partial charge in [-0.25, -0.2) is 0 Å². The lowest BCUT2D eigenvalue weighted by molar-refractivity contribution is -0.113. The molecule has 1 saturated carbocycles. The largest absolute Gasteiger partial charge is 0.495 e. The summed E-state index contributed by atoms with van der Waals surface area (Å²) in [5.74, 6) is 0.307. The molecule has 1 aromatic rings. The van der Waals surface area contributed by atoms with Crippen LogP contribution in [0.4, 0.5) is 11.4 Å². The van der Waals surface area contributed by atoms with Crippen LogP contribution in [0.3, 0.4) is 0 Å². The highest BCUT2D eigenvalue weighted by Gasteiger charge is 2.23. The Kier molecular flexibility index (Phi) is 5.00. The molecular formula is C14H20N2O3S. The minimum atomic E-state index is -1.10. The van der Waals surface area contributed by atoms with Gasteiger partial charge in [0.1, 0.15) is 11.5 Å². The Morgan fingerprint density at radius 1 is 1.45 bits per heavy atom. The SMILES string of the molecule is COc1ccc(N)cc1NC(=O)CS(=O)C1CCCC1. The smallest absolute Gasteiger partial charge is 0.237 e. The Hall–Kier alpha value is -1.56. The van der Waals surface area contributed by atoms with Crippen LogP contribution >= 0.6 is 0 Å². The van der Waals surface area contributed by atoms with Crippen molar-refractivity contribution in [1.82, 2.24) is 0 Å². The molecule has 0 aromatic heterocycles. The van der Waals surface area contributed by atoms with Gasteiger partial charge in [-0.1, -0.05) is 12.8 Å². The van der Waals surface area contributed by atoms with Crippen molar-refractivity contribution in [1.29, 1.82) is 0 Å². The third-order valence-corrected chi connectivity index (χ3v) is 5.21. The number of carbonyl (C=O) groups is 1. The molecular weight excluding hydrogens is 276 g/mol. The molecule has 1 fully saturated rings. The fourth-order valence-electron chi connectivity index (χ4n) is 2.41. The van der Waals surface area contributed by atoms with Crippen molar-refractivity contribution < 1.29 is 13.7 Å². The van der Waals surface area contributed by atoms with E-state index >= 15 is 0 Å². The Morgan fingerprint density at radius 2 is 2.15 bits per heavy atom. The summed E-state index contributed by atoms with van der Waals surface area (Å²) in [5, 5.41) is 2.89. The molecule has 2 rings (SSSR count). The number of anilines is 2. The van der Waals surface area contributed by atoms with E-state index in [1.54, 1.807) is 18.2 Å². The van der Waals surface area contributed by atoms with Crippen LogP contribution in [-0.4, -0.2) is 28.2 Å². The molecule has 5 nitrogen and oxygen atoms in total. The fraction of sp³-hybridized carbons (Fsp3) is 0.500. The van der Waals surface area contributed by atoms with E-state index < -0.39 is 10.8 Å². The first kappa shape index (κ1) is 14.8. The minimum absolute atomic E-state index is 0.0304. The third-order valence-electron chi connectivity index (χ3n) is 3.44. The van der Waals surface area contributed by atoms with E-state index in [1.807, 2.05) is 0 Å². The lowest BCUT2D eigenvalue weighted by Crippen LogP contribution is -2.25. The number of nitrogens with two attached hydrogens (primary N) is 1. The van der Waals surface area contributed by atoms with E-state index in [9.17, 15) is 9.00 Å². The van der Waals surface area contributed by atoms with Gasteiger partial charge in [0.05, 0.1) is 12.8 Å². The summed E-state index contributed by atoms with van der Waals surface area (Å²) in [6.45, 7) is 0. The molecule has 0 bridgehead atoms. The van der Waals surface area contributed by atoms with E-state index in [-0.39, 0.29) is 16.9 Å². The molecule has 1 amide bonds. The van der Waals surface area contributed by atoms with E-state index in [0.29, 0.717) is 17.1 Å². The number of amides is 1. The van der Waals surface area contributed by atoms with Gasteiger partial charge in [0.2, 0.25) is 5.91 Å². The first-order chi connectivity index (χ1) is 9.60. The van der Waals surface area contributed by atoms with Crippen LogP contribution in [-0.2, 0) is 15.6 Å². The quantitative estimate of drug-likeness (QED) is 0.813. The molecule has 20 heavy (non-hydrogen) atoms. The highest BCUT2D eigenvalue weighted by Crippen LogP contribution is 2.27. The molecule has 6 heteroatoms. The van der Waals surface area contributed by atoms with Gasteiger partial charge in [0.25, 0.3) is 0 Å². The topological polar surface area (TPSA) is 81.4 Å². The van der Waals surface area contributed by atoms with Crippen molar-refractivity contribution in [2.45, 2.75) is 30.9 Å². The lowest BCUT2D eigenvalue weighted by Gasteiger charge is -2.12. The summed E-state index contributed by atoms with van der Waals surface area (Å²) in [7, 11) is 0.429. The van der Waals surface area contributed by atoms with Crippen LogP contribution in [0, 0.1) is 0 Å². The molecule has 1 aromatic carbocycles. The summed E-state index contributed by atoms with van der Waals surface area (Å²) in [4.78, 5) is 12.0. The molecule has 110 valence electrons. The Bertz CT molecular complexity index is 513. The highest BCUT2D eigenvalue weighted by molar-refractivity contribution is 7.86. The van der Waals surface area contributed by atoms with Gasteiger partial charge in [-0.3, -0.25) is 9.00 Å². The lowest BCUT2D eigenvalue weighted by atomic mass is 10.2. The number of hydrogen-bond acceptors (Lipinski definition) is 4. The molecule has 0 radical (unpaired) electrons. The third kappa shape index (κ3) is 3.72.